The van der Waals surface area contributed by atoms with Gasteiger partial charge in [-0.1, -0.05) is 6.07 Å². The lowest BCUT2D eigenvalue weighted by Crippen LogP contribution is -2.46. The van der Waals surface area contributed by atoms with E-state index in [-0.39, 0.29) is 30.3 Å². The molecule has 4 rings (SSSR count). The first-order valence-electron chi connectivity index (χ1n) is 9.84. The Balaban J connectivity index is 1.31. The summed E-state index contributed by atoms with van der Waals surface area (Å²) < 4.78 is 0. The minimum absolute atomic E-state index is 0.0431. The van der Waals surface area contributed by atoms with Crippen molar-refractivity contribution in [3.8, 4) is 0 Å². The number of nitrogens with zero attached hydrogens (tertiary/aromatic N) is 1. The molecule has 1 aliphatic heterocycles. The number of likely N-dealkylation sites (tertiary alicyclic amines) is 1. The van der Waals surface area contributed by atoms with Crippen molar-refractivity contribution in [2.75, 3.05) is 18.4 Å². The SMILES string of the molecule is O=C(CN1CCCC1C(=O)NC1CC1)Nc1cccc(C(=O)NC2CC2)c1. The molecule has 3 fully saturated rings. The Kier molecular flexibility index (Phi) is 5.11. The van der Waals surface area contributed by atoms with E-state index < -0.39 is 0 Å². The maximum atomic E-state index is 12.5. The van der Waals surface area contributed by atoms with E-state index in [0.717, 1.165) is 45.1 Å². The van der Waals surface area contributed by atoms with Crippen LogP contribution in [0.25, 0.3) is 0 Å². The Hall–Kier alpha value is -2.41. The van der Waals surface area contributed by atoms with Gasteiger partial charge in [0.1, 0.15) is 0 Å². The third-order valence-corrected chi connectivity index (χ3v) is 5.26. The molecule has 3 aliphatic rings. The summed E-state index contributed by atoms with van der Waals surface area (Å²) >= 11 is 0. The summed E-state index contributed by atoms with van der Waals surface area (Å²) in [5, 5.41) is 8.83. The number of amides is 3. The van der Waals surface area contributed by atoms with Gasteiger partial charge in [-0.3, -0.25) is 19.3 Å². The van der Waals surface area contributed by atoms with Crippen molar-refractivity contribution in [3.05, 3.63) is 29.8 Å². The minimum atomic E-state index is -0.216. The van der Waals surface area contributed by atoms with E-state index in [0.29, 0.717) is 23.3 Å². The van der Waals surface area contributed by atoms with E-state index in [1.165, 1.54) is 0 Å². The van der Waals surface area contributed by atoms with Crippen LogP contribution in [0.4, 0.5) is 5.69 Å². The van der Waals surface area contributed by atoms with Crippen LogP contribution in [-0.2, 0) is 9.59 Å². The molecule has 0 aromatic heterocycles. The highest BCUT2D eigenvalue weighted by atomic mass is 16.2. The van der Waals surface area contributed by atoms with E-state index in [2.05, 4.69) is 16.0 Å². The zero-order chi connectivity index (χ0) is 18.8. The van der Waals surface area contributed by atoms with Crippen molar-refractivity contribution >= 4 is 23.4 Å². The molecule has 1 saturated heterocycles. The molecule has 7 heteroatoms. The Bertz CT molecular complexity index is 742. The number of carbonyl (C=O) groups excluding carboxylic acids is 3. The molecule has 1 heterocycles. The quantitative estimate of drug-likeness (QED) is 0.674. The lowest BCUT2D eigenvalue weighted by molar-refractivity contribution is -0.126. The average Bonchev–Trinajstić information content (AvgIpc) is 3.57. The zero-order valence-corrected chi connectivity index (χ0v) is 15.4. The Morgan fingerprint density at radius 1 is 1.00 bits per heavy atom. The van der Waals surface area contributed by atoms with Crippen molar-refractivity contribution in [1.82, 2.24) is 15.5 Å². The molecule has 0 spiro atoms. The molecule has 1 unspecified atom stereocenters. The molecule has 0 bridgehead atoms. The van der Waals surface area contributed by atoms with Crippen LogP contribution in [0, 0.1) is 0 Å². The molecule has 7 nitrogen and oxygen atoms in total. The zero-order valence-electron chi connectivity index (χ0n) is 15.4. The maximum Gasteiger partial charge on any atom is 0.251 e. The molecule has 0 radical (unpaired) electrons. The van der Waals surface area contributed by atoms with Gasteiger partial charge in [-0.15, -0.1) is 0 Å². The molecule has 27 heavy (non-hydrogen) atoms. The summed E-state index contributed by atoms with van der Waals surface area (Å²) in [5.41, 5.74) is 1.14. The van der Waals surface area contributed by atoms with Gasteiger partial charge in [-0.2, -0.15) is 0 Å². The molecule has 2 aliphatic carbocycles. The summed E-state index contributed by atoms with van der Waals surface area (Å²) in [4.78, 5) is 38.9. The fourth-order valence-electron chi connectivity index (χ4n) is 3.46. The number of rotatable bonds is 7. The van der Waals surface area contributed by atoms with Crippen LogP contribution in [0.5, 0.6) is 0 Å². The molecule has 1 aromatic carbocycles. The molecule has 1 atom stereocenters. The van der Waals surface area contributed by atoms with Crippen LogP contribution in [0.3, 0.4) is 0 Å². The Morgan fingerprint density at radius 3 is 2.48 bits per heavy atom. The summed E-state index contributed by atoms with van der Waals surface area (Å²) in [6, 6.07) is 7.38. The number of hydrogen-bond donors (Lipinski definition) is 3. The van der Waals surface area contributed by atoms with Gasteiger partial charge in [0, 0.05) is 23.3 Å². The topological polar surface area (TPSA) is 90.5 Å². The van der Waals surface area contributed by atoms with Crippen molar-refractivity contribution < 1.29 is 14.4 Å². The van der Waals surface area contributed by atoms with Gasteiger partial charge in [0.05, 0.1) is 12.6 Å². The van der Waals surface area contributed by atoms with Crippen molar-refractivity contribution in [2.24, 2.45) is 0 Å². The van der Waals surface area contributed by atoms with Gasteiger partial charge in [-0.05, 0) is 63.3 Å². The third kappa shape index (κ3) is 4.86. The van der Waals surface area contributed by atoms with Crippen LogP contribution in [-0.4, -0.2) is 53.8 Å². The van der Waals surface area contributed by atoms with Crippen LogP contribution >= 0.6 is 0 Å². The first-order chi connectivity index (χ1) is 13.1. The summed E-state index contributed by atoms with van der Waals surface area (Å²) in [5.74, 6) is -0.229. The van der Waals surface area contributed by atoms with E-state index in [1.807, 2.05) is 4.90 Å². The van der Waals surface area contributed by atoms with Gasteiger partial charge in [0.2, 0.25) is 11.8 Å². The highest BCUT2D eigenvalue weighted by Gasteiger charge is 2.34. The lowest BCUT2D eigenvalue weighted by atomic mass is 10.2. The highest BCUT2D eigenvalue weighted by molar-refractivity contribution is 5.98. The highest BCUT2D eigenvalue weighted by Crippen LogP contribution is 2.23. The lowest BCUT2D eigenvalue weighted by Gasteiger charge is -2.23. The van der Waals surface area contributed by atoms with Gasteiger partial charge < -0.3 is 16.0 Å². The maximum absolute atomic E-state index is 12.5. The van der Waals surface area contributed by atoms with Crippen LogP contribution in [0.15, 0.2) is 24.3 Å². The average molecular weight is 370 g/mol. The second-order valence-electron chi connectivity index (χ2n) is 7.79. The minimum Gasteiger partial charge on any atom is -0.352 e. The van der Waals surface area contributed by atoms with E-state index in [1.54, 1.807) is 24.3 Å². The number of hydrogen-bond acceptors (Lipinski definition) is 4. The Morgan fingerprint density at radius 2 is 1.74 bits per heavy atom. The first kappa shape index (κ1) is 18.0. The summed E-state index contributed by atoms with van der Waals surface area (Å²) in [6.45, 7) is 0.932. The number of benzene rings is 1. The van der Waals surface area contributed by atoms with Gasteiger partial charge in [0.15, 0.2) is 0 Å². The van der Waals surface area contributed by atoms with E-state index >= 15 is 0 Å². The molecular formula is C20H26N4O3. The summed E-state index contributed by atoms with van der Waals surface area (Å²) in [7, 11) is 0. The number of nitrogens with one attached hydrogen (secondary N) is 3. The predicted molar refractivity (Wildman–Crippen MR) is 101 cm³/mol. The fourth-order valence-corrected chi connectivity index (χ4v) is 3.46. The molecule has 3 amide bonds. The number of anilines is 1. The van der Waals surface area contributed by atoms with E-state index in [4.69, 9.17) is 0 Å². The molecule has 144 valence electrons. The smallest absolute Gasteiger partial charge is 0.251 e. The standard InChI is InChI=1S/C20H26N4O3/c25-18(12-24-10-2-5-17(24)20(27)23-15-8-9-15)21-16-4-1-3-13(11-16)19(26)22-14-6-7-14/h1,3-4,11,14-15,17H,2,5-10,12H2,(H,21,25)(H,22,26)(H,23,27). The number of carbonyl (C=O) groups is 3. The fraction of sp³-hybridized carbons (Fsp3) is 0.550. The largest absolute Gasteiger partial charge is 0.352 e. The molecule has 2 saturated carbocycles. The van der Waals surface area contributed by atoms with Gasteiger partial charge in [-0.25, -0.2) is 0 Å². The van der Waals surface area contributed by atoms with Crippen LogP contribution < -0.4 is 16.0 Å². The monoisotopic (exact) mass is 370 g/mol. The van der Waals surface area contributed by atoms with Crippen molar-refractivity contribution in [3.63, 3.8) is 0 Å². The van der Waals surface area contributed by atoms with Crippen LogP contribution in [0.2, 0.25) is 0 Å². The summed E-state index contributed by atoms with van der Waals surface area (Å²) in [6.07, 6.45) is 5.91. The van der Waals surface area contributed by atoms with Gasteiger partial charge in [0.25, 0.3) is 5.91 Å². The third-order valence-electron chi connectivity index (χ3n) is 5.26. The van der Waals surface area contributed by atoms with Crippen molar-refractivity contribution in [2.45, 2.75) is 56.7 Å². The van der Waals surface area contributed by atoms with Crippen LogP contribution in [0.1, 0.15) is 48.9 Å². The van der Waals surface area contributed by atoms with Crippen molar-refractivity contribution in [1.29, 1.82) is 0 Å². The predicted octanol–water partition coefficient (Wildman–Crippen LogP) is 1.26. The molecule has 3 N–H and O–H groups in total. The Labute approximate surface area is 158 Å². The molecule has 1 aromatic rings. The second kappa shape index (κ2) is 7.68. The normalized spacial score (nSPS) is 22.3. The van der Waals surface area contributed by atoms with E-state index in [9.17, 15) is 14.4 Å². The molecular weight excluding hydrogens is 344 g/mol. The first-order valence-corrected chi connectivity index (χ1v) is 9.84. The second-order valence-corrected chi connectivity index (χ2v) is 7.79. The van der Waals surface area contributed by atoms with Gasteiger partial charge >= 0.3 is 0 Å².